The molecule has 0 aliphatic carbocycles. The Morgan fingerprint density at radius 3 is 2.60 bits per heavy atom. The lowest BCUT2D eigenvalue weighted by Gasteiger charge is -2.34. The molecule has 1 aliphatic heterocycles. The van der Waals surface area contributed by atoms with E-state index in [1.165, 1.54) is 4.68 Å². The van der Waals surface area contributed by atoms with Crippen LogP contribution in [-0.4, -0.2) is 16.4 Å². The summed E-state index contributed by atoms with van der Waals surface area (Å²) in [6, 6.07) is 15.8. The minimum absolute atomic E-state index is 0.0891. The molecular formula is C20H25N3O2. The smallest absolute Gasteiger partial charge is 0.139 e. The number of rotatable bonds is 5. The third-order valence-corrected chi connectivity index (χ3v) is 5.42. The van der Waals surface area contributed by atoms with Crippen molar-refractivity contribution >= 4 is 0 Å². The topological polar surface area (TPSA) is 73.2 Å². The number of hydrogen-bond acceptors (Lipinski definition) is 4. The van der Waals surface area contributed by atoms with Gasteiger partial charge >= 0.3 is 0 Å². The van der Waals surface area contributed by atoms with Crippen LogP contribution in [0.2, 0.25) is 0 Å². The minimum atomic E-state index is -0.529. The Labute approximate surface area is 148 Å². The Morgan fingerprint density at radius 1 is 1.28 bits per heavy atom. The number of nitrogens with zero attached hydrogens (tertiary/aromatic N) is 2. The first-order chi connectivity index (χ1) is 12.0. The molecule has 3 rings (SSSR count). The molecule has 1 unspecified atom stereocenters. The molecule has 5 nitrogen and oxygen atoms in total. The van der Waals surface area contributed by atoms with Gasteiger partial charge in [0.25, 0.3) is 0 Å². The lowest BCUT2D eigenvalue weighted by molar-refractivity contribution is -0.107. The van der Waals surface area contributed by atoms with E-state index in [-0.39, 0.29) is 18.1 Å². The number of aromatic nitrogens is 1. The summed E-state index contributed by atoms with van der Waals surface area (Å²) in [5.74, 6) is 6.31. The van der Waals surface area contributed by atoms with Crippen LogP contribution >= 0.6 is 0 Å². The first kappa shape index (κ1) is 17.5. The molecule has 0 radical (unpaired) electrons. The first-order valence-electron chi connectivity index (χ1n) is 8.71. The molecule has 2 heterocycles. The van der Waals surface area contributed by atoms with Gasteiger partial charge in [-0.2, -0.15) is 5.26 Å². The molecule has 1 aromatic heterocycles. The van der Waals surface area contributed by atoms with Gasteiger partial charge in [0.15, 0.2) is 0 Å². The molecule has 5 heteroatoms. The zero-order valence-electron chi connectivity index (χ0n) is 15.0. The zero-order valence-corrected chi connectivity index (χ0v) is 15.0. The van der Waals surface area contributed by atoms with E-state index in [9.17, 15) is 5.26 Å². The lowest BCUT2D eigenvalue weighted by atomic mass is 9.83. The van der Waals surface area contributed by atoms with Gasteiger partial charge in [-0.15, -0.1) is 0 Å². The summed E-state index contributed by atoms with van der Waals surface area (Å²) < 4.78 is 14.1. The maximum Gasteiger partial charge on any atom is 0.139 e. The first-order valence-corrected chi connectivity index (χ1v) is 8.71. The largest absolute Gasteiger partial charge is 0.367 e. The Balaban J connectivity index is 1.91. The molecule has 1 fully saturated rings. The third kappa shape index (κ3) is 3.04. The molecule has 0 amide bonds. The average Bonchev–Trinajstić information content (AvgIpc) is 3.12. The predicted octanol–water partition coefficient (Wildman–Crippen LogP) is 3.54. The monoisotopic (exact) mass is 339 g/mol. The van der Waals surface area contributed by atoms with Crippen molar-refractivity contribution in [1.82, 2.24) is 4.68 Å². The number of ether oxygens (including phenoxy) is 2. The van der Waals surface area contributed by atoms with Crippen molar-refractivity contribution in [3.05, 3.63) is 59.4 Å². The number of nitrogens with two attached hydrogens (primary N) is 1. The maximum absolute atomic E-state index is 9.18. The molecule has 0 saturated carbocycles. The molecule has 4 atom stereocenters. The van der Waals surface area contributed by atoms with Crippen LogP contribution in [0.25, 0.3) is 0 Å². The molecule has 25 heavy (non-hydrogen) atoms. The van der Waals surface area contributed by atoms with Crippen molar-refractivity contribution < 1.29 is 9.47 Å². The maximum atomic E-state index is 9.18. The second kappa shape index (κ2) is 6.91. The van der Waals surface area contributed by atoms with E-state index in [1.54, 1.807) is 6.07 Å². The Hall–Kier alpha value is -2.29. The van der Waals surface area contributed by atoms with Gasteiger partial charge < -0.3 is 15.3 Å². The van der Waals surface area contributed by atoms with Crippen LogP contribution in [0, 0.1) is 17.2 Å². The van der Waals surface area contributed by atoms with Crippen molar-refractivity contribution in [2.24, 2.45) is 5.92 Å². The second-order valence-corrected chi connectivity index (χ2v) is 6.83. The summed E-state index contributed by atoms with van der Waals surface area (Å²) in [4.78, 5) is 0. The van der Waals surface area contributed by atoms with E-state index < -0.39 is 5.60 Å². The summed E-state index contributed by atoms with van der Waals surface area (Å²) in [6.07, 6.45) is 0.674. The number of benzene rings is 1. The predicted molar refractivity (Wildman–Crippen MR) is 96.0 cm³/mol. The lowest BCUT2D eigenvalue weighted by Crippen LogP contribution is -2.40. The average molecular weight is 339 g/mol. The van der Waals surface area contributed by atoms with Crippen LogP contribution in [0.1, 0.15) is 50.2 Å². The van der Waals surface area contributed by atoms with E-state index in [0.29, 0.717) is 12.3 Å². The van der Waals surface area contributed by atoms with Crippen LogP contribution in [0.4, 0.5) is 0 Å². The van der Waals surface area contributed by atoms with Gasteiger partial charge in [0.05, 0.1) is 18.4 Å². The summed E-state index contributed by atoms with van der Waals surface area (Å²) in [5, 5.41) is 9.18. The van der Waals surface area contributed by atoms with Gasteiger partial charge in [0.1, 0.15) is 23.5 Å². The fraction of sp³-hybridized carbons (Fsp3) is 0.450. The molecule has 0 bridgehead atoms. The number of hydrogen-bond donors (Lipinski definition) is 1. The number of nitriles is 1. The summed E-state index contributed by atoms with van der Waals surface area (Å²) in [7, 11) is 0. The van der Waals surface area contributed by atoms with E-state index >= 15 is 0 Å². The molecule has 2 aromatic rings. The van der Waals surface area contributed by atoms with Crippen molar-refractivity contribution in [3.63, 3.8) is 0 Å². The SMILES string of the molecule is CC[C@H]1OC(c2ccc(C#N)n2N)[C@](C)(OCc2ccccc2)[C@@H]1C. The van der Waals surface area contributed by atoms with E-state index in [2.05, 4.69) is 39.0 Å². The second-order valence-electron chi connectivity index (χ2n) is 6.83. The molecule has 132 valence electrons. The van der Waals surface area contributed by atoms with Crippen molar-refractivity contribution in [1.29, 1.82) is 5.26 Å². The molecule has 1 saturated heterocycles. The molecular weight excluding hydrogens is 314 g/mol. The summed E-state index contributed by atoms with van der Waals surface area (Å²) in [5.41, 5.74) is 1.78. The fourth-order valence-corrected chi connectivity index (χ4v) is 3.64. The highest BCUT2D eigenvalue weighted by atomic mass is 16.6. The van der Waals surface area contributed by atoms with E-state index in [0.717, 1.165) is 17.7 Å². The van der Waals surface area contributed by atoms with Gasteiger partial charge in [-0.25, -0.2) is 0 Å². The zero-order chi connectivity index (χ0) is 18.0. The highest BCUT2D eigenvalue weighted by Crippen LogP contribution is 2.48. The fourth-order valence-electron chi connectivity index (χ4n) is 3.64. The van der Waals surface area contributed by atoms with Gasteiger partial charge in [-0.05, 0) is 31.0 Å². The van der Waals surface area contributed by atoms with Crippen molar-refractivity contribution in [2.45, 2.75) is 51.6 Å². The minimum Gasteiger partial charge on any atom is -0.367 e. The summed E-state index contributed by atoms with van der Waals surface area (Å²) >= 11 is 0. The molecule has 0 spiro atoms. The van der Waals surface area contributed by atoms with Crippen LogP contribution < -0.4 is 5.84 Å². The van der Waals surface area contributed by atoms with E-state index in [1.807, 2.05) is 24.3 Å². The summed E-state index contributed by atoms with van der Waals surface area (Å²) in [6.45, 7) is 6.87. The van der Waals surface area contributed by atoms with E-state index in [4.69, 9.17) is 15.3 Å². The quantitative estimate of drug-likeness (QED) is 0.846. The molecule has 2 N–H and O–H groups in total. The van der Waals surface area contributed by atoms with Crippen molar-refractivity contribution in [3.8, 4) is 6.07 Å². The van der Waals surface area contributed by atoms with Gasteiger partial charge in [0.2, 0.25) is 0 Å². The van der Waals surface area contributed by atoms with Gasteiger partial charge in [0, 0.05) is 5.92 Å². The highest BCUT2D eigenvalue weighted by molar-refractivity contribution is 5.30. The standard InChI is InChI=1S/C20H25N3O2/c1-4-18-14(2)20(3,24-13-15-8-6-5-7-9-15)19(25-18)17-11-10-16(12-21)23(17)22/h5-11,14,18-19H,4,13,22H2,1-3H3/t14-,18-,19?,20-/m1/s1. The normalized spacial score (nSPS) is 28.8. The Kier molecular flexibility index (Phi) is 4.85. The third-order valence-electron chi connectivity index (χ3n) is 5.42. The van der Waals surface area contributed by atoms with Crippen LogP contribution in [0.15, 0.2) is 42.5 Å². The van der Waals surface area contributed by atoms with Crippen LogP contribution in [0.3, 0.4) is 0 Å². The van der Waals surface area contributed by atoms with Gasteiger partial charge in [-0.3, -0.25) is 4.68 Å². The molecule has 1 aromatic carbocycles. The Morgan fingerprint density at radius 2 is 2.00 bits per heavy atom. The number of nitrogen functional groups attached to an aromatic ring is 1. The highest BCUT2D eigenvalue weighted by Gasteiger charge is 2.53. The molecule has 1 aliphatic rings. The van der Waals surface area contributed by atoms with Crippen LogP contribution in [0.5, 0.6) is 0 Å². The van der Waals surface area contributed by atoms with Crippen LogP contribution in [-0.2, 0) is 16.1 Å². The Bertz CT molecular complexity index is 765. The van der Waals surface area contributed by atoms with Gasteiger partial charge in [-0.1, -0.05) is 44.2 Å². The van der Waals surface area contributed by atoms with Crippen molar-refractivity contribution in [2.75, 3.05) is 5.84 Å².